The molecule has 4 aromatic rings. The number of carboxylic acids is 1. The van der Waals surface area contributed by atoms with Gasteiger partial charge in [0.05, 0.1) is 5.41 Å². The van der Waals surface area contributed by atoms with Gasteiger partial charge in [-0.2, -0.15) is 0 Å². The molecule has 0 atom stereocenters. The van der Waals surface area contributed by atoms with Crippen molar-refractivity contribution in [3.63, 3.8) is 0 Å². The van der Waals surface area contributed by atoms with Crippen molar-refractivity contribution in [2.45, 2.75) is 57.2 Å². The molecular formula is C29H31ClN2O3S. The number of halogens is 1. The number of pyridine rings is 1. The molecule has 0 saturated carbocycles. The van der Waals surface area contributed by atoms with Crippen LogP contribution in [0, 0.1) is 5.41 Å². The van der Waals surface area contributed by atoms with Gasteiger partial charge in [0.2, 0.25) is 5.88 Å². The molecule has 5 nitrogen and oxygen atoms in total. The summed E-state index contributed by atoms with van der Waals surface area (Å²) in [6.45, 7) is 10.7. The summed E-state index contributed by atoms with van der Waals surface area (Å²) in [5.74, 6) is 0.385. The molecule has 36 heavy (non-hydrogen) atoms. The van der Waals surface area contributed by atoms with Gasteiger partial charge < -0.3 is 14.4 Å². The van der Waals surface area contributed by atoms with E-state index in [-0.39, 0.29) is 4.75 Å². The van der Waals surface area contributed by atoms with E-state index < -0.39 is 11.4 Å². The maximum atomic E-state index is 12.1. The third kappa shape index (κ3) is 6.05. The maximum absolute atomic E-state index is 12.1. The Morgan fingerprint density at radius 1 is 1.06 bits per heavy atom. The Kier molecular flexibility index (Phi) is 7.39. The molecule has 0 radical (unpaired) electrons. The number of aliphatic carboxylic acids is 1. The number of carbonyl (C=O) groups is 1. The standard InChI is InChI=1S/C29H31ClN2O3S/c1-28(2,3)36-26-22-16-21(35-25-8-6-7-15-31-25)13-14-23(22)32(18-19-9-11-20(30)12-10-19)24(26)17-29(4,5)27(33)34/h6-16H,17-18H2,1-5H3,(H,33,34). The van der Waals surface area contributed by atoms with E-state index in [4.69, 9.17) is 16.3 Å². The molecule has 188 valence electrons. The normalized spacial score (nSPS) is 12.2. The Balaban J connectivity index is 1.91. The van der Waals surface area contributed by atoms with Gasteiger partial charge in [-0.15, -0.1) is 11.8 Å². The van der Waals surface area contributed by atoms with Crippen LogP contribution in [0.4, 0.5) is 0 Å². The number of benzene rings is 2. The Hall–Kier alpha value is -2.96. The average molecular weight is 523 g/mol. The van der Waals surface area contributed by atoms with Crippen molar-refractivity contribution in [3.8, 4) is 11.6 Å². The third-order valence-corrected chi connectivity index (χ3v) is 7.33. The van der Waals surface area contributed by atoms with Crippen molar-refractivity contribution >= 4 is 40.2 Å². The highest BCUT2D eigenvalue weighted by Crippen LogP contribution is 2.44. The van der Waals surface area contributed by atoms with Gasteiger partial charge in [0.15, 0.2) is 0 Å². The van der Waals surface area contributed by atoms with Gasteiger partial charge in [0, 0.05) is 56.5 Å². The van der Waals surface area contributed by atoms with Crippen LogP contribution in [0.3, 0.4) is 0 Å². The second-order valence-electron chi connectivity index (χ2n) is 10.5. The molecule has 2 heterocycles. The number of hydrogen-bond acceptors (Lipinski definition) is 4. The summed E-state index contributed by atoms with van der Waals surface area (Å²) >= 11 is 7.88. The zero-order chi connectivity index (χ0) is 26.1. The Morgan fingerprint density at radius 3 is 2.39 bits per heavy atom. The molecule has 2 aromatic carbocycles. The molecule has 0 unspecified atom stereocenters. The number of aromatic nitrogens is 2. The lowest BCUT2D eigenvalue weighted by Crippen LogP contribution is -2.28. The largest absolute Gasteiger partial charge is 0.481 e. The molecule has 0 spiro atoms. The van der Waals surface area contributed by atoms with Crippen LogP contribution < -0.4 is 4.74 Å². The molecule has 0 aliphatic carbocycles. The van der Waals surface area contributed by atoms with Crippen molar-refractivity contribution in [3.05, 3.63) is 83.1 Å². The van der Waals surface area contributed by atoms with Gasteiger partial charge >= 0.3 is 5.97 Å². The molecule has 0 bridgehead atoms. The van der Waals surface area contributed by atoms with Gasteiger partial charge in [-0.05, 0) is 55.8 Å². The highest BCUT2D eigenvalue weighted by molar-refractivity contribution is 8.00. The summed E-state index contributed by atoms with van der Waals surface area (Å²) in [6, 6.07) is 19.4. The van der Waals surface area contributed by atoms with E-state index in [0.717, 1.165) is 27.1 Å². The fourth-order valence-corrected chi connectivity index (χ4v) is 5.30. The van der Waals surface area contributed by atoms with Gasteiger partial charge in [-0.1, -0.05) is 50.6 Å². The van der Waals surface area contributed by atoms with Crippen molar-refractivity contribution in [2.75, 3.05) is 0 Å². The van der Waals surface area contributed by atoms with Crippen LogP contribution in [0.1, 0.15) is 45.9 Å². The Bertz CT molecular complexity index is 1370. The summed E-state index contributed by atoms with van der Waals surface area (Å²) < 4.78 is 8.21. The van der Waals surface area contributed by atoms with Crippen LogP contribution >= 0.6 is 23.4 Å². The van der Waals surface area contributed by atoms with E-state index >= 15 is 0 Å². The monoisotopic (exact) mass is 522 g/mol. The summed E-state index contributed by atoms with van der Waals surface area (Å²) in [5, 5.41) is 11.7. The van der Waals surface area contributed by atoms with Crippen molar-refractivity contribution in [1.29, 1.82) is 0 Å². The molecule has 7 heteroatoms. The molecule has 0 aliphatic rings. The van der Waals surface area contributed by atoms with Crippen LogP contribution in [0.2, 0.25) is 5.02 Å². The van der Waals surface area contributed by atoms with E-state index in [1.807, 2.05) is 60.7 Å². The first-order valence-electron chi connectivity index (χ1n) is 11.8. The van der Waals surface area contributed by atoms with E-state index in [9.17, 15) is 9.90 Å². The van der Waals surface area contributed by atoms with E-state index in [2.05, 4.69) is 30.3 Å². The first-order valence-corrected chi connectivity index (χ1v) is 13.0. The predicted octanol–water partition coefficient (Wildman–Crippen LogP) is 8.07. The molecule has 0 amide bonds. The lowest BCUT2D eigenvalue weighted by atomic mass is 9.88. The highest BCUT2D eigenvalue weighted by atomic mass is 35.5. The smallest absolute Gasteiger partial charge is 0.309 e. The van der Waals surface area contributed by atoms with Gasteiger partial charge in [0.1, 0.15) is 5.75 Å². The zero-order valence-corrected chi connectivity index (χ0v) is 22.8. The minimum atomic E-state index is -0.938. The molecule has 0 aliphatic heterocycles. The highest BCUT2D eigenvalue weighted by Gasteiger charge is 2.32. The summed E-state index contributed by atoms with van der Waals surface area (Å²) in [4.78, 5) is 17.5. The molecule has 0 saturated heterocycles. The fourth-order valence-electron chi connectivity index (χ4n) is 3.99. The van der Waals surface area contributed by atoms with Crippen LogP contribution in [-0.4, -0.2) is 25.4 Å². The lowest BCUT2D eigenvalue weighted by Gasteiger charge is -2.24. The molecule has 1 N–H and O–H groups in total. The number of rotatable bonds is 8. The second-order valence-corrected chi connectivity index (χ2v) is 12.8. The van der Waals surface area contributed by atoms with Crippen molar-refractivity contribution in [1.82, 2.24) is 9.55 Å². The molecule has 2 aromatic heterocycles. The number of nitrogens with zero attached hydrogens (tertiary/aromatic N) is 2. The van der Waals surface area contributed by atoms with Gasteiger partial charge in [-0.25, -0.2) is 4.98 Å². The summed E-state index contributed by atoms with van der Waals surface area (Å²) in [6.07, 6.45) is 2.09. The third-order valence-electron chi connectivity index (χ3n) is 5.80. The SMILES string of the molecule is CC(C)(C)Sc1c(CC(C)(C)C(=O)O)n(Cc2ccc(Cl)cc2)c2ccc(Oc3ccccn3)cc12. The minimum Gasteiger partial charge on any atom is -0.481 e. The number of carboxylic acid groups (broad SMARTS) is 1. The number of thioether (sulfide) groups is 1. The van der Waals surface area contributed by atoms with Crippen LogP contribution in [-0.2, 0) is 17.8 Å². The second kappa shape index (κ2) is 10.2. The number of ether oxygens (including phenoxy) is 1. The fraction of sp³-hybridized carbons (Fsp3) is 0.310. The quantitative estimate of drug-likeness (QED) is 0.237. The van der Waals surface area contributed by atoms with Crippen molar-refractivity contribution in [2.24, 2.45) is 5.41 Å². The minimum absolute atomic E-state index is 0.0840. The molecule has 4 rings (SSSR count). The number of fused-ring (bicyclic) bond motifs is 1. The topological polar surface area (TPSA) is 64.3 Å². The van der Waals surface area contributed by atoms with Crippen LogP contribution in [0.5, 0.6) is 11.6 Å². The maximum Gasteiger partial charge on any atom is 0.309 e. The van der Waals surface area contributed by atoms with Gasteiger partial charge in [0.25, 0.3) is 0 Å². The lowest BCUT2D eigenvalue weighted by molar-refractivity contribution is -0.146. The van der Waals surface area contributed by atoms with Crippen LogP contribution in [0.25, 0.3) is 10.9 Å². The zero-order valence-electron chi connectivity index (χ0n) is 21.2. The van der Waals surface area contributed by atoms with E-state index in [1.165, 1.54) is 0 Å². The predicted molar refractivity (Wildman–Crippen MR) is 148 cm³/mol. The summed E-state index contributed by atoms with van der Waals surface area (Å²) in [7, 11) is 0. The average Bonchev–Trinajstić information content (AvgIpc) is 3.06. The summed E-state index contributed by atoms with van der Waals surface area (Å²) in [5.41, 5.74) is 2.18. The van der Waals surface area contributed by atoms with Gasteiger partial charge in [-0.3, -0.25) is 4.79 Å². The van der Waals surface area contributed by atoms with E-state index in [0.29, 0.717) is 29.6 Å². The molecule has 0 fully saturated rings. The number of hydrogen-bond donors (Lipinski definition) is 1. The Morgan fingerprint density at radius 2 is 1.78 bits per heavy atom. The Labute approximate surface area is 221 Å². The molecular weight excluding hydrogens is 492 g/mol. The first-order chi connectivity index (χ1) is 16.9. The first kappa shape index (κ1) is 26.1. The van der Waals surface area contributed by atoms with E-state index in [1.54, 1.807) is 31.8 Å². The van der Waals surface area contributed by atoms with Crippen LogP contribution in [0.15, 0.2) is 71.8 Å². The van der Waals surface area contributed by atoms with Crippen molar-refractivity contribution < 1.29 is 14.6 Å².